The summed E-state index contributed by atoms with van der Waals surface area (Å²) in [5, 5.41) is 0. The maximum atomic E-state index is 12.4. The van der Waals surface area contributed by atoms with Gasteiger partial charge in [0.25, 0.3) is 0 Å². The third-order valence-electron chi connectivity index (χ3n) is 4.07. The molecule has 1 amide bonds. The highest BCUT2D eigenvalue weighted by molar-refractivity contribution is 5.79. The van der Waals surface area contributed by atoms with Crippen LogP contribution in [0.5, 0.6) is 5.88 Å². The maximum Gasteiger partial charge on any atom is 0.228 e. The van der Waals surface area contributed by atoms with Crippen molar-refractivity contribution in [1.29, 1.82) is 0 Å². The van der Waals surface area contributed by atoms with Crippen LogP contribution < -0.4 is 9.64 Å². The minimum absolute atomic E-state index is 0.131. The smallest absolute Gasteiger partial charge is 0.228 e. The van der Waals surface area contributed by atoms with Crippen molar-refractivity contribution in [2.24, 2.45) is 0 Å². The number of carbonyl (C=O) groups excluding carboxylic acids is 1. The van der Waals surface area contributed by atoms with Gasteiger partial charge < -0.3 is 14.5 Å². The van der Waals surface area contributed by atoms with Crippen LogP contribution in [0.25, 0.3) is 0 Å². The van der Waals surface area contributed by atoms with Crippen molar-refractivity contribution in [3.05, 3.63) is 41.9 Å². The average Bonchev–Trinajstić information content (AvgIpc) is 2.64. The van der Waals surface area contributed by atoms with Gasteiger partial charge in [-0.05, 0) is 18.6 Å². The molecule has 3 rings (SSSR count). The summed E-state index contributed by atoms with van der Waals surface area (Å²) in [6.45, 7) is 4.69. The molecule has 24 heavy (non-hydrogen) atoms. The number of ether oxygens (including phenoxy) is 1. The molecule has 0 spiro atoms. The van der Waals surface area contributed by atoms with Gasteiger partial charge in [-0.3, -0.25) is 9.78 Å². The van der Waals surface area contributed by atoms with Crippen LogP contribution in [0.3, 0.4) is 0 Å². The molecule has 0 N–H and O–H groups in total. The van der Waals surface area contributed by atoms with E-state index in [2.05, 4.69) is 19.9 Å². The zero-order valence-corrected chi connectivity index (χ0v) is 14.0. The number of aromatic nitrogens is 3. The van der Waals surface area contributed by atoms with Gasteiger partial charge >= 0.3 is 0 Å². The molecular weight excluding hydrogens is 306 g/mol. The molecule has 7 nitrogen and oxygen atoms in total. The van der Waals surface area contributed by atoms with Crippen molar-refractivity contribution in [1.82, 2.24) is 19.9 Å². The molecule has 1 fully saturated rings. The van der Waals surface area contributed by atoms with E-state index in [4.69, 9.17) is 4.74 Å². The lowest BCUT2D eigenvalue weighted by Crippen LogP contribution is -2.49. The number of carbonyl (C=O) groups is 1. The topological polar surface area (TPSA) is 71.5 Å². The minimum atomic E-state index is 0.131. The summed E-state index contributed by atoms with van der Waals surface area (Å²) in [4.78, 5) is 29.2. The normalized spacial score (nSPS) is 14.6. The van der Waals surface area contributed by atoms with E-state index in [1.54, 1.807) is 25.6 Å². The lowest BCUT2D eigenvalue weighted by molar-refractivity contribution is -0.130. The fourth-order valence-electron chi connectivity index (χ4n) is 2.64. The molecule has 1 aliphatic heterocycles. The molecule has 2 aromatic heterocycles. The van der Waals surface area contributed by atoms with Crippen LogP contribution in [0.2, 0.25) is 0 Å². The molecule has 1 aliphatic rings. The Kier molecular flexibility index (Phi) is 4.88. The summed E-state index contributed by atoms with van der Waals surface area (Å²) in [6.07, 6.45) is 3.85. The average molecular weight is 327 g/mol. The predicted molar refractivity (Wildman–Crippen MR) is 90.1 cm³/mol. The molecule has 0 radical (unpaired) electrons. The molecule has 2 aromatic rings. The van der Waals surface area contributed by atoms with Crippen molar-refractivity contribution in [2.45, 2.75) is 13.3 Å². The van der Waals surface area contributed by atoms with Crippen molar-refractivity contribution in [2.75, 3.05) is 38.2 Å². The first-order chi connectivity index (χ1) is 11.7. The SMILES string of the molecule is COc1ccnc(N2CCN(C(=O)Cc3ccc(C)nc3)CC2)n1. The van der Waals surface area contributed by atoms with E-state index in [9.17, 15) is 4.79 Å². The summed E-state index contributed by atoms with van der Waals surface area (Å²) in [5.41, 5.74) is 1.90. The zero-order valence-electron chi connectivity index (χ0n) is 14.0. The van der Waals surface area contributed by atoms with Crippen LogP contribution in [0.15, 0.2) is 30.6 Å². The van der Waals surface area contributed by atoms with Crippen molar-refractivity contribution >= 4 is 11.9 Å². The Balaban J connectivity index is 1.56. The highest BCUT2D eigenvalue weighted by atomic mass is 16.5. The van der Waals surface area contributed by atoms with E-state index in [1.807, 2.05) is 24.0 Å². The first-order valence-electron chi connectivity index (χ1n) is 7.97. The third kappa shape index (κ3) is 3.79. The Bertz CT molecular complexity index is 696. The van der Waals surface area contributed by atoms with Gasteiger partial charge in [0.05, 0.1) is 13.5 Å². The van der Waals surface area contributed by atoms with E-state index in [0.29, 0.717) is 44.4 Å². The van der Waals surface area contributed by atoms with Crippen LogP contribution in [-0.4, -0.2) is 59.0 Å². The Morgan fingerprint density at radius 1 is 1.17 bits per heavy atom. The second-order valence-corrected chi connectivity index (χ2v) is 5.75. The number of pyridine rings is 1. The van der Waals surface area contributed by atoms with Crippen LogP contribution in [0, 0.1) is 6.92 Å². The Morgan fingerprint density at radius 3 is 2.62 bits per heavy atom. The van der Waals surface area contributed by atoms with Crippen LogP contribution in [0.1, 0.15) is 11.3 Å². The predicted octanol–water partition coefficient (Wildman–Crippen LogP) is 1.08. The summed E-state index contributed by atoms with van der Waals surface area (Å²) >= 11 is 0. The number of aryl methyl sites for hydroxylation is 1. The molecule has 126 valence electrons. The molecule has 0 unspecified atom stereocenters. The number of hydrogen-bond acceptors (Lipinski definition) is 6. The number of nitrogens with zero attached hydrogens (tertiary/aromatic N) is 5. The molecule has 7 heteroatoms. The van der Waals surface area contributed by atoms with E-state index in [0.717, 1.165) is 11.3 Å². The quantitative estimate of drug-likeness (QED) is 0.837. The standard InChI is InChI=1S/C17H21N5O2/c1-13-3-4-14(12-19-13)11-16(23)21-7-9-22(10-8-21)17-18-6-5-15(20-17)24-2/h3-6,12H,7-11H2,1-2H3. The lowest BCUT2D eigenvalue weighted by Gasteiger charge is -2.34. The number of hydrogen-bond donors (Lipinski definition) is 0. The van der Waals surface area contributed by atoms with Crippen LogP contribution in [-0.2, 0) is 11.2 Å². The largest absolute Gasteiger partial charge is 0.481 e. The Hall–Kier alpha value is -2.70. The van der Waals surface area contributed by atoms with E-state index in [1.165, 1.54) is 0 Å². The number of piperazine rings is 1. The monoisotopic (exact) mass is 327 g/mol. The van der Waals surface area contributed by atoms with Crippen molar-refractivity contribution in [3.8, 4) is 5.88 Å². The summed E-state index contributed by atoms with van der Waals surface area (Å²) in [5.74, 6) is 1.32. The molecule has 3 heterocycles. The van der Waals surface area contributed by atoms with Crippen LogP contribution >= 0.6 is 0 Å². The second-order valence-electron chi connectivity index (χ2n) is 5.75. The fourth-order valence-corrected chi connectivity index (χ4v) is 2.64. The molecule has 0 saturated carbocycles. The van der Waals surface area contributed by atoms with E-state index in [-0.39, 0.29) is 5.91 Å². The number of methoxy groups -OCH3 is 1. The van der Waals surface area contributed by atoms with Crippen molar-refractivity contribution in [3.63, 3.8) is 0 Å². The molecular formula is C17H21N5O2. The summed E-state index contributed by atoms with van der Waals surface area (Å²) < 4.78 is 5.13. The van der Waals surface area contributed by atoms with Gasteiger partial charge in [0.2, 0.25) is 17.7 Å². The van der Waals surface area contributed by atoms with Gasteiger partial charge in [0.15, 0.2) is 0 Å². The highest BCUT2D eigenvalue weighted by Crippen LogP contribution is 2.15. The lowest BCUT2D eigenvalue weighted by atomic mass is 10.1. The maximum absolute atomic E-state index is 12.4. The summed E-state index contributed by atoms with van der Waals surface area (Å²) in [6, 6.07) is 5.61. The number of rotatable bonds is 4. The summed E-state index contributed by atoms with van der Waals surface area (Å²) in [7, 11) is 1.59. The Morgan fingerprint density at radius 2 is 1.96 bits per heavy atom. The third-order valence-corrected chi connectivity index (χ3v) is 4.07. The van der Waals surface area contributed by atoms with E-state index < -0.39 is 0 Å². The van der Waals surface area contributed by atoms with Crippen LogP contribution in [0.4, 0.5) is 5.95 Å². The minimum Gasteiger partial charge on any atom is -0.481 e. The van der Waals surface area contributed by atoms with Gasteiger partial charge in [-0.1, -0.05) is 6.07 Å². The van der Waals surface area contributed by atoms with Gasteiger partial charge in [0.1, 0.15) is 0 Å². The van der Waals surface area contributed by atoms with Gasteiger partial charge in [-0.15, -0.1) is 0 Å². The molecule has 0 bridgehead atoms. The fraction of sp³-hybridized carbons (Fsp3) is 0.412. The molecule has 0 aromatic carbocycles. The zero-order chi connectivity index (χ0) is 16.9. The first-order valence-corrected chi connectivity index (χ1v) is 7.97. The number of anilines is 1. The van der Waals surface area contributed by atoms with Gasteiger partial charge in [0, 0.05) is 50.3 Å². The molecule has 1 saturated heterocycles. The first kappa shape index (κ1) is 16.2. The highest BCUT2D eigenvalue weighted by Gasteiger charge is 2.22. The van der Waals surface area contributed by atoms with Gasteiger partial charge in [-0.2, -0.15) is 4.98 Å². The van der Waals surface area contributed by atoms with Gasteiger partial charge in [-0.25, -0.2) is 4.98 Å². The Labute approximate surface area is 141 Å². The second kappa shape index (κ2) is 7.25. The van der Waals surface area contributed by atoms with Crippen molar-refractivity contribution < 1.29 is 9.53 Å². The number of amides is 1. The molecule has 0 atom stereocenters. The molecule has 0 aliphatic carbocycles. The van der Waals surface area contributed by atoms with E-state index >= 15 is 0 Å².